The number of benzene rings is 1. The number of likely N-dealkylation sites (N-methyl/N-ethyl adjacent to an activating group) is 1. The maximum atomic E-state index is 6.50. The number of hydrogen-bond donors (Lipinski definition) is 0. The zero-order valence-corrected chi connectivity index (χ0v) is 13.9. The Hall–Kier alpha value is -1.06. The van der Waals surface area contributed by atoms with Gasteiger partial charge in [0.2, 0.25) is 0 Å². The van der Waals surface area contributed by atoms with Crippen LogP contribution in [0.15, 0.2) is 18.2 Å². The van der Waals surface area contributed by atoms with E-state index in [2.05, 4.69) is 36.4 Å². The molecule has 114 valence electrons. The first-order chi connectivity index (χ1) is 10.1. The summed E-state index contributed by atoms with van der Waals surface area (Å²) >= 11 is 6.50. The van der Waals surface area contributed by atoms with Gasteiger partial charge < -0.3 is 9.47 Å². The second-order valence-corrected chi connectivity index (χ2v) is 6.92. The number of likely N-dealkylation sites (tertiary alicyclic amines) is 1. The standard InChI is InChI=1S/C17H24ClN3/c1-12(2)17-19-15-9-6-8-14(18)16(15)21(17)13-7-4-5-10-20(3)11-13/h6,8-9,12-13H,4-5,7,10-11H2,1-3H3/t13-/m1/s1. The van der Waals surface area contributed by atoms with Crippen molar-refractivity contribution >= 4 is 22.6 Å². The van der Waals surface area contributed by atoms with E-state index >= 15 is 0 Å². The summed E-state index contributed by atoms with van der Waals surface area (Å²) in [7, 11) is 2.22. The van der Waals surface area contributed by atoms with Crippen LogP contribution in [0.4, 0.5) is 0 Å². The number of halogens is 1. The van der Waals surface area contributed by atoms with E-state index in [1.54, 1.807) is 0 Å². The highest BCUT2D eigenvalue weighted by Gasteiger charge is 2.24. The lowest BCUT2D eigenvalue weighted by atomic mass is 10.1. The van der Waals surface area contributed by atoms with Crippen LogP contribution in [-0.2, 0) is 0 Å². The smallest absolute Gasteiger partial charge is 0.112 e. The molecule has 3 nitrogen and oxygen atoms in total. The van der Waals surface area contributed by atoms with Crippen LogP contribution >= 0.6 is 11.6 Å². The molecule has 0 amide bonds. The molecule has 21 heavy (non-hydrogen) atoms. The fraction of sp³-hybridized carbons (Fsp3) is 0.588. The highest BCUT2D eigenvalue weighted by atomic mass is 35.5. The third-order valence-electron chi connectivity index (χ3n) is 4.42. The Labute approximate surface area is 131 Å². The molecule has 1 aromatic carbocycles. The summed E-state index contributed by atoms with van der Waals surface area (Å²) in [5, 5.41) is 0.818. The Morgan fingerprint density at radius 2 is 2.10 bits per heavy atom. The molecule has 0 radical (unpaired) electrons. The second kappa shape index (κ2) is 5.98. The average Bonchev–Trinajstić information content (AvgIpc) is 2.71. The summed E-state index contributed by atoms with van der Waals surface area (Å²) in [6.45, 7) is 6.70. The van der Waals surface area contributed by atoms with E-state index in [9.17, 15) is 0 Å². The van der Waals surface area contributed by atoms with E-state index < -0.39 is 0 Å². The maximum absolute atomic E-state index is 6.50. The fourth-order valence-corrected chi connectivity index (χ4v) is 3.68. The lowest BCUT2D eigenvalue weighted by Crippen LogP contribution is -2.27. The van der Waals surface area contributed by atoms with Crippen LogP contribution < -0.4 is 0 Å². The van der Waals surface area contributed by atoms with Gasteiger partial charge in [-0.2, -0.15) is 0 Å². The Kier molecular flexibility index (Phi) is 4.23. The Morgan fingerprint density at radius 1 is 1.29 bits per heavy atom. The van der Waals surface area contributed by atoms with Gasteiger partial charge in [0.25, 0.3) is 0 Å². The molecule has 1 fully saturated rings. The van der Waals surface area contributed by atoms with E-state index in [-0.39, 0.29) is 0 Å². The van der Waals surface area contributed by atoms with Gasteiger partial charge in [0.15, 0.2) is 0 Å². The SMILES string of the molecule is CC(C)c1nc2cccc(Cl)c2n1[C@@H]1CCCCN(C)C1. The molecule has 2 aromatic rings. The van der Waals surface area contributed by atoms with Crippen molar-refractivity contribution in [3.05, 3.63) is 29.0 Å². The third kappa shape index (κ3) is 2.82. The summed E-state index contributed by atoms with van der Waals surface area (Å²) in [4.78, 5) is 7.30. The quantitative estimate of drug-likeness (QED) is 0.816. The van der Waals surface area contributed by atoms with Crippen molar-refractivity contribution < 1.29 is 0 Å². The number of aromatic nitrogens is 2. The maximum Gasteiger partial charge on any atom is 0.112 e. The van der Waals surface area contributed by atoms with Gasteiger partial charge >= 0.3 is 0 Å². The monoisotopic (exact) mass is 305 g/mol. The third-order valence-corrected chi connectivity index (χ3v) is 4.72. The molecule has 3 rings (SSSR count). The zero-order valence-electron chi connectivity index (χ0n) is 13.1. The number of para-hydroxylation sites is 1. The normalized spacial score (nSPS) is 21.1. The van der Waals surface area contributed by atoms with Gasteiger partial charge in [-0.3, -0.25) is 0 Å². The van der Waals surface area contributed by atoms with Gasteiger partial charge in [-0.1, -0.05) is 37.9 Å². The highest BCUT2D eigenvalue weighted by molar-refractivity contribution is 6.35. The molecule has 1 aromatic heterocycles. The van der Waals surface area contributed by atoms with Crippen molar-refractivity contribution in [3.8, 4) is 0 Å². The van der Waals surface area contributed by atoms with Crippen molar-refractivity contribution in [2.24, 2.45) is 0 Å². The van der Waals surface area contributed by atoms with Gasteiger partial charge in [0.05, 0.1) is 16.1 Å². The Bertz CT molecular complexity index is 632. The zero-order chi connectivity index (χ0) is 15.0. The summed E-state index contributed by atoms with van der Waals surface area (Å²) in [6.07, 6.45) is 3.77. The second-order valence-electron chi connectivity index (χ2n) is 6.51. The highest BCUT2D eigenvalue weighted by Crippen LogP contribution is 2.33. The van der Waals surface area contributed by atoms with Crippen LogP contribution in [0, 0.1) is 0 Å². The first kappa shape index (κ1) is 14.9. The van der Waals surface area contributed by atoms with E-state index in [0.717, 1.165) is 22.6 Å². The number of imidazole rings is 1. The molecule has 0 spiro atoms. The minimum absolute atomic E-state index is 0.405. The van der Waals surface area contributed by atoms with Gasteiger partial charge in [-0.15, -0.1) is 0 Å². The molecule has 0 aliphatic carbocycles. The minimum Gasteiger partial charge on any atom is -0.322 e. The van der Waals surface area contributed by atoms with Crippen molar-refractivity contribution in [3.63, 3.8) is 0 Å². The first-order valence-electron chi connectivity index (χ1n) is 7.93. The van der Waals surface area contributed by atoms with Gasteiger partial charge in [0.1, 0.15) is 5.82 Å². The van der Waals surface area contributed by atoms with Gasteiger partial charge in [0, 0.05) is 18.5 Å². The molecular formula is C17H24ClN3. The van der Waals surface area contributed by atoms with E-state index in [0.29, 0.717) is 12.0 Å². The molecule has 0 saturated carbocycles. The van der Waals surface area contributed by atoms with Crippen LogP contribution in [-0.4, -0.2) is 34.6 Å². The van der Waals surface area contributed by atoms with Crippen LogP contribution in [0.1, 0.15) is 50.9 Å². The van der Waals surface area contributed by atoms with Crippen molar-refractivity contribution in [2.45, 2.75) is 45.1 Å². The largest absolute Gasteiger partial charge is 0.322 e. The molecule has 0 N–H and O–H groups in total. The van der Waals surface area contributed by atoms with Crippen molar-refractivity contribution in [1.82, 2.24) is 14.5 Å². The topological polar surface area (TPSA) is 21.1 Å². The van der Waals surface area contributed by atoms with E-state index in [4.69, 9.17) is 16.6 Å². The van der Waals surface area contributed by atoms with E-state index in [1.807, 2.05) is 12.1 Å². The molecule has 2 heterocycles. The Morgan fingerprint density at radius 3 is 2.86 bits per heavy atom. The van der Waals surface area contributed by atoms with Crippen LogP contribution in [0.2, 0.25) is 5.02 Å². The summed E-state index contributed by atoms with van der Waals surface area (Å²) in [5.41, 5.74) is 2.14. The lowest BCUT2D eigenvalue weighted by molar-refractivity contribution is 0.297. The van der Waals surface area contributed by atoms with Gasteiger partial charge in [-0.25, -0.2) is 4.98 Å². The predicted molar refractivity (Wildman–Crippen MR) is 89.2 cm³/mol. The number of rotatable bonds is 2. The molecule has 0 bridgehead atoms. The Balaban J connectivity index is 2.16. The summed E-state index contributed by atoms with van der Waals surface area (Å²) in [6, 6.07) is 6.52. The summed E-state index contributed by atoms with van der Waals surface area (Å²) in [5.74, 6) is 1.57. The van der Waals surface area contributed by atoms with E-state index in [1.165, 1.54) is 31.6 Å². The molecule has 1 atom stereocenters. The predicted octanol–water partition coefficient (Wildman–Crippen LogP) is 4.47. The molecule has 4 heteroatoms. The van der Waals surface area contributed by atoms with Crippen molar-refractivity contribution in [1.29, 1.82) is 0 Å². The number of hydrogen-bond acceptors (Lipinski definition) is 2. The van der Waals surface area contributed by atoms with Crippen LogP contribution in [0.5, 0.6) is 0 Å². The van der Waals surface area contributed by atoms with Crippen molar-refractivity contribution in [2.75, 3.05) is 20.1 Å². The number of fused-ring (bicyclic) bond motifs is 1. The summed E-state index contributed by atoms with van der Waals surface area (Å²) < 4.78 is 2.42. The molecule has 0 unspecified atom stereocenters. The van der Waals surface area contributed by atoms with Crippen LogP contribution in [0.25, 0.3) is 11.0 Å². The molecule has 1 aliphatic rings. The number of nitrogens with zero attached hydrogens (tertiary/aromatic N) is 3. The molecular weight excluding hydrogens is 282 g/mol. The molecule has 1 aliphatic heterocycles. The van der Waals surface area contributed by atoms with Gasteiger partial charge in [-0.05, 0) is 38.6 Å². The minimum atomic E-state index is 0.405. The fourth-order valence-electron chi connectivity index (χ4n) is 3.42. The van der Waals surface area contributed by atoms with Crippen LogP contribution in [0.3, 0.4) is 0 Å². The first-order valence-corrected chi connectivity index (χ1v) is 8.30. The lowest BCUT2D eigenvalue weighted by Gasteiger charge is -2.25. The molecule has 1 saturated heterocycles. The average molecular weight is 306 g/mol.